The Balaban J connectivity index is 2.08. The third kappa shape index (κ3) is 5.18. The molecule has 0 heterocycles. The minimum Gasteiger partial charge on any atom is -0.509 e. The quantitative estimate of drug-likeness (QED) is 0.419. The summed E-state index contributed by atoms with van der Waals surface area (Å²) in [5.41, 5.74) is 1.16. The van der Waals surface area contributed by atoms with E-state index in [0.717, 1.165) is 0 Å². The monoisotopic (exact) mass is 358 g/mol. The lowest BCUT2D eigenvalue weighted by Crippen LogP contribution is -2.45. The number of rotatable bonds is 7. The molecule has 4 atom stereocenters. The van der Waals surface area contributed by atoms with E-state index < -0.39 is 35.9 Å². The number of aliphatic hydroxyl groups is 6. The normalized spacial score (nSPS) is 17.4. The fourth-order valence-electron chi connectivity index (χ4n) is 2.33. The number of aliphatic hydroxyl groups excluding tert-OH is 6. The second-order valence-electron chi connectivity index (χ2n) is 5.83. The zero-order chi connectivity index (χ0) is 19.1. The van der Waals surface area contributed by atoms with Crippen molar-refractivity contribution in [3.05, 3.63) is 83.3 Å². The topological polar surface area (TPSA) is 121 Å². The minimum atomic E-state index is -1.92. The van der Waals surface area contributed by atoms with Crippen LogP contribution in [-0.2, 0) is 0 Å². The van der Waals surface area contributed by atoms with Gasteiger partial charge in [-0.1, -0.05) is 60.7 Å². The second-order valence-corrected chi connectivity index (χ2v) is 5.83. The maximum atomic E-state index is 10.0. The predicted octanol–water partition coefficient (Wildman–Crippen LogP) is 1.63. The van der Waals surface area contributed by atoms with Gasteiger partial charge in [-0.25, -0.2) is 0 Å². The third-order valence-electron chi connectivity index (χ3n) is 3.83. The van der Waals surface area contributed by atoms with E-state index in [1.54, 1.807) is 60.7 Å². The molecule has 26 heavy (non-hydrogen) atoms. The average molecular weight is 358 g/mol. The molecule has 0 fully saturated rings. The lowest BCUT2D eigenvalue weighted by Gasteiger charge is -2.26. The molecule has 0 aliphatic carbocycles. The van der Waals surface area contributed by atoms with Crippen LogP contribution in [0.3, 0.4) is 0 Å². The molecule has 0 unspecified atom stereocenters. The van der Waals surface area contributed by atoms with Crippen LogP contribution in [0.1, 0.15) is 11.1 Å². The Morgan fingerprint density at radius 1 is 0.577 bits per heavy atom. The smallest absolute Gasteiger partial charge is 0.139 e. The molecule has 0 bridgehead atoms. The molecular formula is C20H22O6. The van der Waals surface area contributed by atoms with Crippen LogP contribution < -0.4 is 0 Å². The van der Waals surface area contributed by atoms with E-state index in [1.807, 2.05) is 0 Å². The summed E-state index contributed by atoms with van der Waals surface area (Å²) in [7, 11) is 0. The van der Waals surface area contributed by atoms with Crippen LogP contribution in [0.2, 0.25) is 0 Å². The molecule has 0 saturated heterocycles. The largest absolute Gasteiger partial charge is 0.509 e. The Morgan fingerprint density at radius 3 is 1.19 bits per heavy atom. The van der Waals surface area contributed by atoms with Gasteiger partial charge in [-0.3, -0.25) is 0 Å². The SMILES string of the molecule is O/C(=C\c1ccccc1)[C@@H](O)[C@@H](O)[C@H](O)[C@@H](O)/C(O)=C/c1ccccc1. The van der Waals surface area contributed by atoms with E-state index in [-0.39, 0.29) is 0 Å². The highest BCUT2D eigenvalue weighted by molar-refractivity contribution is 5.52. The molecular weight excluding hydrogens is 336 g/mol. The molecule has 0 spiro atoms. The van der Waals surface area contributed by atoms with Crippen LogP contribution in [0, 0.1) is 0 Å². The van der Waals surface area contributed by atoms with Crippen molar-refractivity contribution in [1.82, 2.24) is 0 Å². The van der Waals surface area contributed by atoms with Gasteiger partial charge in [0.1, 0.15) is 35.9 Å². The fourth-order valence-corrected chi connectivity index (χ4v) is 2.33. The van der Waals surface area contributed by atoms with Crippen molar-refractivity contribution >= 4 is 12.2 Å². The van der Waals surface area contributed by atoms with Gasteiger partial charge in [0, 0.05) is 0 Å². The molecule has 0 radical (unpaired) electrons. The van der Waals surface area contributed by atoms with Crippen LogP contribution in [0.25, 0.3) is 12.2 Å². The maximum Gasteiger partial charge on any atom is 0.139 e. The van der Waals surface area contributed by atoms with E-state index in [4.69, 9.17) is 0 Å². The first kappa shape index (κ1) is 19.7. The lowest BCUT2D eigenvalue weighted by molar-refractivity contribution is -0.0996. The Labute approximate surface area is 151 Å². The van der Waals surface area contributed by atoms with E-state index in [2.05, 4.69) is 0 Å². The van der Waals surface area contributed by atoms with Crippen LogP contribution in [0.5, 0.6) is 0 Å². The molecule has 0 aliphatic heterocycles. The first-order chi connectivity index (χ1) is 12.4. The van der Waals surface area contributed by atoms with Crippen molar-refractivity contribution < 1.29 is 30.6 Å². The van der Waals surface area contributed by atoms with Crippen molar-refractivity contribution in [2.75, 3.05) is 0 Å². The lowest BCUT2D eigenvalue weighted by atomic mass is 9.99. The molecule has 6 N–H and O–H groups in total. The van der Waals surface area contributed by atoms with Crippen molar-refractivity contribution in [1.29, 1.82) is 0 Å². The summed E-state index contributed by atoms with van der Waals surface area (Å²) >= 11 is 0. The highest BCUT2D eigenvalue weighted by atomic mass is 16.4. The van der Waals surface area contributed by atoms with Gasteiger partial charge >= 0.3 is 0 Å². The number of hydrogen-bond donors (Lipinski definition) is 6. The number of benzene rings is 2. The van der Waals surface area contributed by atoms with Gasteiger partial charge in [0.2, 0.25) is 0 Å². The molecule has 0 aromatic heterocycles. The summed E-state index contributed by atoms with van der Waals surface area (Å²) in [4.78, 5) is 0. The summed E-state index contributed by atoms with van der Waals surface area (Å²) in [5.74, 6) is -1.16. The second kappa shape index (κ2) is 9.17. The summed E-state index contributed by atoms with van der Waals surface area (Å²) < 4.78 is 0. The Hall–Kier alpha value is -2.64. The Kier molecular flexibility index (Phi) is 6.94. The average Bonchev–Trinajstić information content (AvgIpc) is 2.67. The van der Waals surface area contributed by atoms with Gasteiger partial charge in [-0.2, -0.15) is 0 Å². The van der Waals surface area contributed by atoms with Crippen LogP contribution in [0.4, 0.5) is 0 Å². The Morgan fingerprint density at radius 2 is 0.885 bits per heavy atom. The summed E-state index contributed by atoms with van der Waals surface area (Å²) in [6, 6.07) is 17.2. The first-order valence-electron chi connectivity index (χ1n) is 8.03. The molecule has 0 amide bonds. The van der Waals surface area contributed by atoms with Crippen molar-refractivity contribution in [2.24, 2.45) is 0 Å². The Bertz CT molecular complexity index is 676. The molecule has 6 heteroatoms. The van der Waals surface area contributed by atoms with Gasteiger partial charge in [-0.15, -0.1) is 0 Å². The van der Waals surface area contributed by atoms with Crippen molar-refractivity contribution in [3.63, 3.8) is 0 Å². The van der Waals surface area contributed by atoms with Gasteiger partial charge < -0.3 is 30.6 Å². The van der Waals surface area contributed by atoms with Gasteiger partial charge in [0.05, 0.1) is 0 Å². The van der Waals surface area contributed by atoms with Gasteiger partial charge in [0.25, 0.3) is 0 Å². The van der Waals surface area contributed by atoms with E-state index in [9.17, 15) is 30.6 Å². The minimum absolute atomic E-state index is 0.582. The first-order valence-corrected chi connectivity index (χ1v) is 8.03. The van der Waals surface area contributed by atoms with Crippen LogP contribution >= 0.6 is 0 Å². The highest BCUT2D eigenvalue weighted by Gasteiger charge is 2.34. The van der Waals surface area contributed by atoms with Crippen molar-refractivity contribution in [2.45, 2.75) is 24.4 Å². The molecule has 0 aliphatic rings. The van der Waals surface area contributed by atoms with Crippen LogP contribution in [0.15, 0.2) is 72.2 Å². The fraction of sp³-hybridized carbons (Fsp3) is 0.200. The molecule has 138 valence electrons. The van der Waals surface area contributed by atoms with Gasteiger partial charge in [-0.05, 0) is 23.3 Å². The zero-order valence-electron chi connectivity index (χ0n) is 13.9. The van der Waals surface area contributed by atoms with Crippen molar-refractivity contribution in [3.8, 4) is 0 Å². The molecule has 2 aromatic rings. The summed E-state index contributed by atoms with van der Waals surface area (Å²) in [6.07, 6.45) is -5.07. The van der Waals surface area contributed by atoms with Crippen LogP contribution in [-0.4, -0.2) is 55.1 Å². The maximum absolute atomic E-state index is 10.0. The standard InChI is InChI=1S/C20H22O6/c21-15(11-13-7-3-1-4-8-13)17(23)19(25)20(26)18(24)16(22)12-14-9-5-2-6-10-14/h1-12,17-26H/b15-11-,16-12-/t17-,18+,19-,20-/m1/s1. The predicted molar refractivity (Wildman–Crippen MR) is 98.1 cm³/mol. The molecule has 0 saturated carbocycles. The number of hydrogen-bond acceptors (Lipinski definition) is 6. The molecule has 6 nitrogen and oxygen atoms in total. The van der Waals surface area contributed by atoms with E-state index in [1.165, 1.54) is 12.2 Å². The van der Waals surface area contributed by atoms with Gasteiger partial charge in [0.15, 0.2) is 0 Å². The molecule has 2 rings (SSSR count). The zero-order valence-corrected chi connectivity index (χ0v) is 13.9. The summed E-state index contributed by atoms with van der Waals surface area (Å²) in [5, 5.41) is 59.9. The summed E-state index contributed by atoms with van der Waals surface area (Å²) in [6.45, 7) is 0. The molecule has 2 aromatic carbocycles. The van der Waals surface area contributed by atoms with E-state index in [0.29, 0.717) is 11.1 Å². The third-order valence-corrected chi connectivity index (χ3v) is 3.83. The van der Waals surface area contributed by atoms with E-state index >= 15 is 0 Å². The highest BCUT2D eigenvalue weighted by Crippen LogP contribution is 2.17.